The molecule has 148 valence electrons. The van der Waals surface area contributed by atoms with Crippen LogP contribution in [0.5, 0.6) is 0 Å². The van der Waals surface area contributed by atoms with Crippen molar-refractivity contribution in [2.75, 3.05) is 0 Å². The molecule has 3 heterocycles. The topological polar surface area (TPSA) is 65.3 Å². The highest BCUT2D eigenvalue weighted by Gasteiger charge is 2.15. The quantitative estimate of drug-likeness (QED) is 0.421. The molecule has 7 heteroatoms. The number of rotatable bonds is 4. The fourth-order valence-electron chi connectivity index (χ4n) is 3.38. The summed E-state index contributed by atoms with van der Waals surface area (Å²) >= 11 is 6.07. The highest BCUT2D eigenvalue weighted by atomic mass is 35.5. The SMILES string of the molecule is Cc1oc(-c2cccc(Cl)c2)nc1Cn1ccn2nc(-c3ccccc3)cc2c1=O. The molecule has 0 spiro atoms. The van der Waals surface area contributed by atoms with Crippen molar-refractivity contribution in [1.82, 2.24) is 19.2 Å². The van der Waals surface area contributed by atoms with Crippen LogP contribution in [0.15, 0.2) is 82.3 Å². The zero-order valence-corrected chi connectivity index (χ0v) is 16.9. The second-order valence-electron chi connectivity index (χ2n) is 6.99. The van der Waals surface area contributed by atoms with E-state index in [9.17, 15) is 4.79 Å². The molecule has 5 aromatic rings. The lowest BCUT2D eigenvalue weighted by atomic mass is 10.1. The van der Waals surface area contributed by atoms with Crippen LogP contribution in [0.3, 0.4) is 0 Å². The number of oxazole rings is 1. The van der Waals surface area contributed by atoms with Crippen molar-refractivity contribution < 1.29 is 4.42 Å². The summed E-state index contributed by atoms with van der Waals surface area (Å²) in [4.78, 5) is 17.6. The average molecular weight is 417 g/mol. The van der Waals surface area contributed by atoms with Crippen LogP contribution in [-0.2, 0) is 6.54 Å². The van der Waals surface area contributed by atoms with Gasteiger partial charge in [-0.2, -0.15) is 5.10 Å². The third-order valence-electron chi connectivity index (χ3n) is 4.96. The summed E-state index contributed by atoms with van der Waals surface area (Å²) in [5, 5.41) is 5.13. The molecular formula is C23H17ClN4O2. The van der Waals surface area contributed by atoms with Gasteiger partial charge in [0, 0.05) is 28.5 Å². The number of nitrogens with zero attached hydrogens (tertiary/aromatic N) is 4. The zero-order chi connectivity index (χ0) is 20.7. The molecule has 2 aromatic carbocycles. The lowest BCUT2D eigenvalue weighted by Gasteiger charge is -2.04. The van der Waals surface area contributed by atoms with Crippen LogP contribution in [0, 0.1) is 6.92 Å². The molecule has 0 aliphatic heterocycles. The number of halogens is 1. The zero-order valence-electron chi connectivity index (χ0n) is 16.1. The molecule has 0 bridgehead atoms. The Morgan fingerprint density at radius 3 is 2.60 bits per heavy atom. The number of aryl methyl sites for hydroxylation is 1. The van der Waals surface area contributed by atoms with Crippen molar-refractivity contribution in [2.45, 2.75) is 13.5 Å². The van der Waals surface area contributed by atoms with Crippen molar-refractivity contribution in [3.05, 3.63) is 99.9 Å². The fourth-order valence-corrected chi connectivity index (χ4v) is 3.57. The second kappa shape index (κ2) is 7.31. The van der Waals surface area contributed by atoms with E-state index in [-0.39, 0.29) is 5.56 Å². The van der Waals surface area contributed by atoms with Crippen molar-refractivity contribution in [2.24, 2.45) is 0 Å². The molecule has 3 aromatic heterocycles. The summed E-state index contributed by atoms with van der Waals surface area (Å²) in [5.74, 6) is 1.14. The van der Waals surface area contributed by atoms with E-state index in [2.05, 4.69) is 10.1 Å². The smallest absolute Gasteiger partial charge is 0.276 e. The van der Waals surface area contributed by atoms with Crippen LogP contribution < -0.4 is 5.56 Å². The van der Waals surface area contributed by atoms with Crippen molar-refractivity contribution in [1.29, 1.82) is 0 Å². The van der Waals surface area contributed by atoms with Crippen LogP contribution in [0.4, 0.5) is 0 Å². The molecule has 0 saturated heterocycles. The maximum atomic E-state index is 13.0. The fraction of sp³-hybridized carbons (Fsp3) is 0.0870. The third-order valence-corrected chi connectivity index (χ3v) is 5.19. The first-order valence-corrected chi connectivity index (χ1v) is 9.83. The normalized spacial score (nSPS) is 11.3. The highest BCUT2D eigenvalue weighted by Crippen LogP contribution is 2.24. The number of hydrogen-bond acceptors (Lipinski definition) is 4. The first-order chi connectivity index (χ1) is 14.6. The molecule has 5 rings (SSSR count). The Morgan fingerprint density at radius 1 is 1.00 bits per heavy atom. The van der Waals surface area contributed by atoms with E-state index < -0.39 is 0 Å². The molecule has 6 nitrogen and oxygen atoms in total. The van der Waals surface area contributed by atoms with Gasteiger partial charge in [0.15, 0.2) is 0 Å². The van der Waals surface area contributed by atoms with Gasteiger partial charge in [-0.25, -0.2) is 9.50 Å². The minimum absolute atomic E-state index is 0.140. The molecule has 0 aliphatic rings. The Balaban J connectivity index is 1.50. The van der Waals surface area contributed by atoms with E-state index in [1.165, 1.54) is 0 Å². The van der Waals surface area contributed by atoms with E-state index in [1.807, 2.05) is 49.4 Å². The predicted octanol–water partition coefficient (Wildman–Crippen LogP) is 4.83. The lowest BCUT2D eigenvalue weighted by molar-refractivity contribution is 0.537. The van der Waals surface area contributed by atoms with Crippen molar-refractivity contribution in [3.8, 4) is 22.7 Å². The Labute approximate surface area is 177 Å². The van der Waals surface area contributed by atoms with Gasteiger partial charge in [-0.3, -0.25) is 4.79 Å². The molecule has 0 unspecified atom stereocenters. The Kier molecular flexibility index (Phi) is 4.48. The summed E-state index contributed by atoms with van der Waals surface area (Å²) in [5.41, 5.74) is 3.57. The van der Waals surface area contributed by atoms with Crippen LogP contribution in [-0.4, -0.2) is 19.2 Å². The first-order valence-electron chi connectivity index (χ1n) is 9.45. The molecule has 0 amide bonds. The Bertz CT molecular complexity index is 1420. The van der Waals surface area contributed by atoms with Gasteiger partial charge in [0.2, 0.25) is 5.89 Å². The predicted molar refractivity (Wildman–Crippen MR) is 116 cm³/mol. The minimum atomic E-state index is -0.140. The summed E-state index contributed by atoms with van der Waals surface area (Å²) in [6.45, 7) is 2.14. The molecule has 30 heavy (non-hydrogen) atoms. The molecule has 0 atom stereocenters. The largest absolute Gasteiger partial charge is 0.441 e. The first kappa shape index (κ1) is 18.4. The van der Waals surface area contributed by atoms with E-state index in [0.29, 0.717) is 34.4 Å². The summed E-state index contributed by atoms with van der Waals surface area (Å²) in [6.07, 6.45) is 3.49. The number of benzene rings is 2. The molecule has 0 aliphatic carbocycles. The monoisotopic (exact) mass is 416 g/mol. The maximum absolute atomic E-state index is 13.0. The van der Waals surface area contributed by atoms with Gasteiger partial charge < -0.3 is 8.98 Å². The molecular weight excluding hydrogens is 400 g/mol. The molecule has 0 saturated carbocycles. The summed E-state index contributed by atoms with van der Waals surface area (Å²) < 4.78 is 9.03. The van der Waals surface area contributed by atoms with E-state index in [0.717, 1.165) is 16.8 Å². The number of aromatic nitrogens is 4. The molecule has 0 fully saturated rings. The summed E-state index contributed by atoms with van der Waals surface area (Å²) in [6, 6.07) is 18.9. The van der Waals surface area contributed by atoms with Crippen LogP contribution in [0.2, 0.25) is 5.02 Å². The van der Waals surface area contributed by atoms with Gasteiger partial charge in [-0.05, 0) is 31.2 Å². The van der Waals surface area contributed by atoms with Gasteiger partial charge in [0.1, 0.15) is 17.0 Å². The van der Waals surface area contributed by atoms with Crippen LogP contribution in [0.25, 0.3) is 28.2 Å². The van der Waals surface area contributed by atoms with E-state index in [1.54, 1.807) is 39.7 Å². The molecule has 0 radical (unpaired) electrons. The second-order valence-corrected chi connectivity index (χ2v) is 7.43. The van der Waals surface area contributed by atoms with E-state index >= 15 is 0 Å². The Hall–Kier alpha value is -3.64. The molecule has 0 N–H and O–H groups in total. The standard InChI is InChI=1S/C23H17ClN4O2/c1-15-20(25-22(30-15)17-8-5-9-18(24)12-17)14-27-10-11-28-21(23(27)29)13-19(26-28)16-6-3-2-4-7-16/h2-13H,14H2,1H3. The highest BCUT2D eigenvalue weighted by molar-refractivity contribution is 6.30. The van der Waals surface area contributed by atoms with Gasteiger partial charge in [-0.1, -0.05) is 48.0 Å². The summed E-state index contributed by atoms with van der Waals surface area (Å²) in [7, 11) is 0. The van der Waals surface area contributed by atoms with Gasteiger partial charge >= 0.3 is 0 Å². The van der Waals surface area contributed by atoms with Crippen molar-refractivity contribution >= 4 is 17.1 Å². The van der Waals surface area contributed by atoms with Crippen LogP contribution in [0.1, 0.15) is 11.5 Å². The van der Waals surface area contributed by atoms with Crippen molar-refractivity contribution in [3.63, 3.8) is 0 Å². The van der Waals surface area contributed by atoms with Gasteiger partial charge in [-0.15, -0.1) is 0 Å². The third kappa shape index (κ3) is 3.31. The number of fused-ring (bicyclic) bond motifs is 1. The lowest BCUT2D eigenvalue weighted by Crippen LogP contribution is -2.22. The van der Waals surface area contributed by atoms with E-state index in [4.69, 9.17) is 16.0 Å². The average Bonchev–Trinajstić information content (AvgIpc) is 3.35. The Morgan fingerprint density at radius 2 is 1.80 bits per heavy atom. The number of hydrogen-bond donors (Lipinski definition) is 0. The van der Waals surface area contributed by atoms with Gasteiger partial charge in [0.05, 0.1) is 12.2 Å². The van der Waals surface area contributed by atoms with Gasteiger partial charge in [0.25, 0.3) is 5.56 Å². The minimum Gasteiger partial charge on any atom is -0.441 e. The van der Waals surface area contributed by atoms with Crippen LogP contribution >= 0.6 is 11.6 Å². The maximum Gasteiger partial charge on any atom is 0.276 e.